The minimum atomic E-state index is -0.309. The van der Waals surface area contributed by atoms with E-state index >= 15 is 0 Å². The van der Waals surface area contributed by atoms with Crippen LogP contribution in [0, 0.1) is 52.3 Å². The van der Waals surface area contributed by atoms with E-state index in [1.807, 2.05) is 4.90 Å². The maximum absolute atomic E-state index is 12.8. The second kappa shape index (κ2) is 9.34. The number of carbonyl (C=O) groups is 1. The Balaban J connectivity index is 1.03. The predicted octanol–water partition coefficient (Wildman–Crippen LogP) is 5.84. The van der Waals surface area contributed by atoms with Gasteiger partial charge >= 0.3 is 6.09 Å². The molecular weight excluding hydrogens is 476 g/mol. The Morgan fingerprint density at radius 1 is 0.921 bits per heavy atom. The number of hydrogen-bond donors (Lipinski definition) is 1. The molecule has 1 spiro atoms. The summed E-state index contributed by atoms with van der Waals surface area (Å²) in [5.41, 5.74) is 0.788. The predicted molar refractivity (Wildman–Crippen MR) is 146 cm³/mol. The van der Waals surface area contributed by atoms with Gasteiger partial charge in [-0.2, -0.15) is 0 Å². The molecular formula is C32H52N2O4. The number of carbonyl (C=O) groups excluding carboxylic acids is 1. The molecule has 4 aliphatic carbocycles. The van der Waals surface area contributed by atoms with Crippen molar-refractivity contribution in [3.63, 3.8) is 0 Å². The van der Waals surface area contributed by atoms with Crippen molar-refractivity contribution in [1.82, 2.24) is 10.2 Å². The highest BCUT2D eigenvalue weighted by Gasteiger charge is 2.69. The highest BCUT2D eigenvalue weighted by molar-refractivity contribution is 5.68. The van der Waals surface area contributed by atoms with Crippen LogP contribution in [0.15, 0.2) is 0 Å². The first-order chi connectivity index (χ1) is 18.2. The third kappa shape index (κ3) is 3.85. The third-order valence-corrected chi connectivity index (χ3v) is 13.5. The lowest BCUT2D eigenvalue weighted by Crippen LogP contribution is -2.55. The minimum absolute atomic E-state index is 0.0805. The molecule has 3 saturated heterocycles. The topological polar surface area (TPSA) is 60.0 Å². The van der Waals surface area contributed by atoms with Crippen LogP contribution in [0.25, 0.3) is 0 Å². The van der Waals surface area contributed by atoms with Gasteiger partial charge in [-0.25, -0.2) is 4.79 Å². The average molecular weight is 529 g/mol. The fourth-order valence-corrected chi connectivity index (χ4v) is 11.4. The molecule has 0 bridgehead atoms. The van der Waals surface area contributed by atoms with Gasteiger partial charge in [0.1, 0.15) is 6.10 Å². The van der Waals surface area contributed by atoms with Crippen LogP contribution < -0.4 is 5.32 Å². The standard InChI is InChI=1S/C32H52N2O4/c1-20-7-12-32(36-19-20)21(2)28-27(38-32)18-26-24-6-5-22-17-23(37-29(35)34-15-13-33-14-16-34)8-10-30(22,3)25(24)9-11-31(26,28)4/h20-28,33H,5-19H2,1-4H3/t20-,21-,22+,23-,24+,25-,26-,27-,28-,30-,31-,32+/m0/s1. The highest BCUT2D eigenvalue weighted by Crippen LogP contribution is 2.71. The third-order valence-electron chi connectivity index (χ3n) is 13.5. The molecule has 6 heteroatoms. The SMILES string of the molecule is C[C@H]1CC[C@@]2(OC1)O[C@H]1C[C@H]3[C@@H]4CC[C@@H]5C[C@@H](OC(=O)N6CCNCC6)CC[C@]5(C)[C@H]4CC[C@]3(C)[C@H]1[C@@H]2C. The fourth-order valence-electron chi connectivity index (χ4n) is 11.4. The number of piperazine rings is 1. The monoisotopic (exact) mass is 528 g/mol. The Morgan fingerprint density at radius 2 is 1.71 bits per heavy atom. The van der Waals surface area contributed by atoms with Crippen molar-refractivity contribution in [1.29, 1.82) is 0 Å². The zero-order valence-electron chi connectivity index (χ0n) is 24.4. The van der Waals surface area contributed by atoms with Crippen LogP contribution in [-0.2, 0) is 14.2 Å². The van der Waals surface area contributed by atoms with Crippen LogP contribution in [0.4, 0.5) is 4.79 Å². The normalized spacial score (nSPS) is 54.1. The molecule has 214 valence electrons. The molecule has 7 rings (SSSR count). The molecule has 7 aliphatic rings. The van der Waals surface area contributed by atoms with Crippen LogP contribution in [0.1, 0.15) is 91.9 Å². The van der Waals surface area contributed by atoms with E-state index in [1.165, 1.54) is 44.9 Å². The van der Waals surface area contributed by atoms with Gasteiger partial charge < -0.3 is 24.4 Å². The Bertz CT molecular complexity index is 913. The molecule has 7 fully saturated rings. The molecule has 1 N–H and O–H groups in total. The van der Waals surface area contributed by atoms with E-state index in [1.54, 1.807) is 0 Å². The smallest absolute Gasteiger partial charge is 0.410 e. The first-order valence-electron chi connectivity index (χ1n) is 16.2. The number of amides is 1. The van der Waals surface area contributed by atoms with Gasteiger partial charge in [0.15, 0.2) is 5.79 Å². The molecule has 1 amide bonds. The average Bonchev–Trinajstić information content (AvgIpc) is 3.36. The quantitative estimate of drug-likeness (QED) is 0.463. The molecule has 0 radical (unpaired) electrons. The molecule has 0 aromatic heterocycles. The van der Waals surface area contributed by atoms with Crippen LogP contribution in [0.5, 0.6) is 0 Å². The van der Waals surface area contributed by atoms with Gasteiger partial charge in [-0.05, 0) is 104 Å². The largest absolute Gasteiger partial charge is 0.446 e. The van der Waals surface area contributed by atoms with Gasteiger partial charge in [0.05, 0.1) is 12.7 Å². The van der Waals surface area contributed by atoms with E-state index in [9.17, 15) is 4.79 Å². The summed E-state index contributed by atoms with van der Waals surface area (Å²) in [6.45, 7) is 14.2. The summed E-state index contributed by atoms with van der Waals surface area (Å²) in [4.78, 5) is 14.7. The number of nitrogens with one attached hydrogen (secondary N) is 1. The maximum Gasteiger partial charge on any atom is 0.410 e. The van der Waals surface area contributed by atoms with Gasteiger partial charge in [-0.3, -0.25) is 0 Å². The van der Waals surface area contributed by atoms with Crippen LogP contribution in [0.3, 0.4) is 0 Å². The highest BCUT2D eigenvalue weighted by atomic mass is 16.7. The molecule has 4 saturated carbocycles. The van der Waals surface area contributed by atoms with E-state index in [0.29, 0.717) is 40.6 Å². The molecule has 6 nitrogen and oxygen atoms in total. The first kappa shape index (κ1) is 26.1. The van der Waals surface area contributed by atoms with Crippen molar-refractivity contribution >= 4 is 6.09 Å². The molecule has 3 aliphatic heterocycles. The van der Waals surface area contributed by atoms with E-state index in [0.717, 1.165) is 69.8 Å². The van der Waals surface area contributed by atoms with E-state index < -0.39 is 0 Å². The lowest BCUT2D eigenvalue weighted by Gasteiger charge is -2.61. The molecule has 3 heterocycles. The van der Waals surface area contributed by atoms with Crippen molar-refractivity contribution in [2.24, 2.45) is 52.3 Å². The van der Waals surface area contributed by atoms with E-state index in [4.69, 9.17) is 14.2 Å². The number of fused-ring (bicyclic) bond motifs is 7. The van der Waals surface area contributed by atoms with Crippen LogP contribution in [0.2, 0.25) is 0 Å². The second-order valence-corrected chi connectivity index (χ2v) is 15.2. The lowest BCUT2D eigenvalue weighted by atomic mass is 9.44. The maximum atomic E-state index is 12.8. The summed E-state index contributed by atoms with van der Waals surface area (Å²) in [6.07, 6.45) is 12.7. The number of nitrogens with zero attached hydrogens (tertiary/aromatic N) is 1. The van der Waals surface area contributed by atoms with Crippen molar-refractivity contribution in [3.05, 3.63) is 0 Å². The molecule has 12 atom stereocenters. The van der Waals surface area contributed by atoms with Crippen molar-refractivity contribution < 1.29 is 19.0 Å². The number of rotatable bonds is 1. The Labute approximate surface area is 230 Å². The Hall–Kier alpha value is -0.850. The van der Waals surface area contributed by atoms with Gasteiger partial charge in [0.2, 0.25) is 0 Å². The summed E-state index contributed by atoms with van der Waals surface area (Å²) in [5, 5.41) is 3.33. The van der Waals surface area contributed by atoms with Crippen molar-refractivity contribution in [2.75, 3.05) is 32.8 Å². The summed E-state index contributed by atoms with van der Waals surface area (Å²) in [5.74, 6) is 4.63. The molecule has 38 heavy (non-hydrogen) atoms. The Kier molecular flexibility index (Phi) is 6.41. The summed E-state index contributed by atoms with van der Waals surface area (Å²) < 4.78 is 19.6. The Morgan fingerprint density at radius 3 is 2.47 bits per heavy atom. The van der Waals surface area contributed by atoms with Gasteiger partial charge in [-0.15, -0.1) is 0 Å². The first-order valence-corrected chi connectivity index (χ1v) is 16.2. The van der Waals surface area contributed by atoms with Gasteiger partial charge in [-0.1, -0.05) is 27.7 Å². The summed E-state index contributed by atoms with van der Waals surface area (Å²) in [6, 6.07) is 0. The van der Waals surface area contributed by atoms with E-state index in [-0.39, 0.29) is 18.0 Å². The number of ether oxygens (including phenoxy) is 3. The number of hydrogen-bond acceptors (Lipinski definition) is 5. The van der Waals surface area contributed by atoms with Gasteiger partial charge in [0, 0.05) is 38.5 Å². The molecule has 0 unspecified atom stereocenters. The summed E-state index contributed by atoms with van der Waals surface area (Å²) in [7, 11) is 0. The summed E-state index contributed by atoms with van der Waals surface area (Å²) >= 11 is 0. The molecule has 0 aromatic carbocycles. The van der Waals surface area contributed by atoms with Crippen LogP contribution >= 0.6 is 0 Å². The molecule has 0 aromatic rings. The second-order valence-electron chi connectivity index (χ2n) is 15.2. The minimum Gasteiger partial charge on any atom is -0.446 e. The van der Waals surface area contributed by atoms with Gasteiger partial charge in [0.25, 0.3) is 0 Å². The van der Waals surface area contributed by atoms with Crippen LogP contribution in [-0.4, -0.2) is 61.8 Å². The lowest BCUT2D eigenvalue weighted by molar-refractivity contribution is -0.273. The van der Waals surface area contributed by atoms with Crippen molar-refractivity contribution in [2.45, 2.75) is 110 Å². The zero-order valence-corrected chi connectivity index (χ0v) is 24.4. The zero-order chi connectivity index (χ0) is 26.3. The van der Waals surface area contributed by atoms with Crippen molar-refractivity contribution in [3.8, 4) is 0 Å². The van der Waals surface area contributed by atoms with E-state index in [2.05, 4.69) is 33.0 Å². The fraction of sp³-hybridized carbons (Fsp3) is 0.969.